The number of nitrogen functional groups attached to an aromatic ring is 2. The van der Waals surface area contributed by atoms with Crippen LogP contribution in [0.15, 0.2) is 18.9 Å². The van der Waals surface area contributed by atoms with Gasteiger partial charge in [0.25, 0.3) is 0 Å². The van der Waals surface area contributed by atoms with Gasteiger partial charge in [0.05, 0.1) is 6.20 Å². The topological polar surface area (TPSA) is 139 Å². The smallest absolute Gasteiger partial charge is 0.223 e. The van der Waals surface area contributed by atoms with Crippen molar-refractivity contribution in [1.29, 1.82) is 0 Å². The van der Waals surface area contributed by atoms with Crippen molar-refractivity contribution in [2.24, 2.45) is 0 Å². The molecule has 4 rings (SSSR count). The third kappa shape index (κ3) is 1.66. The second-order valence-corrected chi connectivity index (χ2v) is 4.52. The van der Waals surface area contributed by atoms with Gasteiger partial charge in [-0.25, -0.2) is 24.3 Å². The Morgan fingerprint density at radius 3 is 2.43 bits per heavy atom. The van der Waals surface area contributed by atoms with Crippen LogP contribution < -0.4 is 11.5 Å². The standard InChI is InChI=1S/C10H7ClN10/c11-6-5-8(19-10(13)17-6)21(3-16-5)20-2-15-4-1-14-9(12)18-7(4)20/h1-3H,(H2,12,14,18)(H2,13,17,19). The third-order valence-electron chi connectivity index (χ3n) is 2.88. The number of nitrogens with two attached hydrogens (primary N) is 2. The summed E-state index contributed by atoms with van der Waals surface area (Å²) in [5, 5.41) is 0.176. The predicted octanol–water partition coefficient (Wildman–Crippen LogP) is 0.0952. The summed E-state index contributed by atoms with van der Waals surface area (Å²) in [7, 11) is 0. The van der Waals surface area contributed by atoms with Crippen LogP contribution in [0.1, 0.15) is 0 Å². The molecule has 11 heteroatoms. The average molecular weight is 303 g/mol. The van der Waals surface area contributed by atoms with E-state index < -0.39 is 0 Å². The number of nitrogens with zero attached hydrogens (tertiary/aromatic N) is 8. The number of aromatic nitrogens is 8. The zero-order valence-electron chi connectivity index (χ0n) is 10.3. The fraction of sp³-hybridized carbons (Fsp3) is 0. The SMILES string of the molecule is Nc1ncc2ncn(-n3cnc4c(Cl)nc(N)nc43)c2n1. The molecule has 0 radical (unpaired) electrons. The van der Waals surface area contributed by atoms with Crippen LogP contribution in [0.25, 0.3) is 22.3 Å². The lowest BCUT2D eigenvalue weighted by atomic mass is 10.5. The second kappa shape index (κ2) is 3.99. The van der Waals surface area contributed by atoms with Crippen LogP contribution in [0.3, 0.4) is 0 Å². The summed E-state index contributed by atoms with van der Waals surface area (Å²) in [6.07, 6.45) is 4.60. The minimum atomic E-state index is 0.0489. The second-order valence-electron chi connectivity index (χ2n) is 4.16. The first kappa shape index (κ1) is 11.8. The minimum absolute atomic E-state index is 0.0489. The highest BCUT2D eigenvalue weighted by Gasteiger charge is 2.14. The van der Waals surface area contributed by atoms with Gasteiger partial charge in [-0.2, -0.15) is 15.0 Å². The van der Waals surface area contributed by atoms with Gasteiger partial charge in [0.1, 0.15) is 23.7 Å². The van der Waals surface area contributed by atoms with Gasteiger partial charge in [-0.1, -0.05) is 11.6 Å². The number of imidazole rings is 2. The lowest BCUT2D eigenvalue weighted by Gasteiger charge is -2.05. The molecule has 21 heavy (non-hydrogen) atoms. The maximum absolute atomic E-state index is 6.00. The molecule has 0 saturated carbocycles. The van der Waals surface area contributed by atoms with E-state index in [9.17, 15) is 0 Å². The summed E-state index contributed by atoms with van der Waals surface area (Å²) in [6, 6.07) is 0. The number of anilines is 2. The zero-order chi connectivity index (χ0) is 14.6. The molecule has 0 saturated heterocycles. The summed E-state index contributed by atoms with van der Waals surface area (Å²) in [6.45, 7) is 0. The van der Waals surface area contributed by atoms with Crippen molar-refractivity contribution in [3.05, 3.63) is 24.0 Å². The van der Waals surface area contributed by atoms with Crippen LogP contribution in [0.5, 0.6) is 0 Å². The molecule has 0 spiro atoms. The first-order valence-electron chi connectivity index (χ1n) is 5.76. The van der Waals surface area contributed by atoms with E-state index in [4.69, 9.17) is 23.1 Å². The molecule has 0 aliphatic heterocycles. The highest BCUT2D eigenvalue weighted by Crippen LogP contribution is 2.21. The van der Waals surface area contributed by atoms with Crippen molar-refractivity contribution in [3.63, 3.8) is 0 Å². The van der Waals surface area contributed by atoms with Crippen LogP contribution in [-0.4, -0.2) is 39.3 Å². The Labute approximate surface area is 121 Å². The summed E-state index contributed by atoms with van der Waals surface area (Å²) in [5.41, 5.74) is 13.2. The average Bonchev–Trinajstić information content (AvgIpc) is 3.01. The maximum Gasteiger partial charge on any atom is 0.223 e. The fourth-order valence-electron chi connectivity index (χ4n) is 2.00. The molecule has 104 valence electrons. The Bertz CT molecular complexity index is 986. The summed E-state index contributed by atoms with van der Waals surface area (Å²) >= 11 is 6.00. The van der Waals surface area contributed by atoms with E-state index in [0.717, 1.165) is 0 Å². The molecule has 0 amide bonds. The number of rotatable bonds is 1. The molecule has 0 aliphatic rings. The highest BCUT2D eigenvalue weighted by atomic mass is 35.5. The summed E-state index contributed by atoms with van der Waals surface area (Å²) < 4.78 is 3.21. The summed E-state index contributed by atoms with van der Waals surface area (Å²) in [4.78, 5) is 24.4. The molecule has 0 unspecified atom stereocenters. The Morgan fingerprint density at radius 1 is 0.857 bits per heavy atom. The van der Waals surface area contributed by atoms with Crippen molar-refractivity contribution in [2.45, 2.75) is 0 Å². The lowest BCUT2D eigenvalue weighted by Crippen LogP contribution is -2.09. The van der Waals surface area contributed by atoms with E-state index in [2.05, 4.69) is 29.9 Å². The number of fused-ring (bicyclic) bond motifs is 2. The van der Waals surface area contributed by atoms with Gasteiger partial charge < -0.3 is 11.5 Å². The maximum atomic E-state index is 6.00. The molecule has 0 bridgehead atoms. The van der Waals surface area contributed by atoms with Crippen molar-refractivity contribution in [1.82, 2.24) is 39.3 Å². The number of hydrogen-bond donors (Lipinski definition) is 2. The molecule has 0 aliphatic carbocycles. The summed E-state index contributed by atoms with van der Waals surface area (Å²) in [5.74, 6) is 0.189. The number of halogens is 1. The quantitative estimate of drug-likeness (QED) is 0.472. The monoisotopic (exact) mass is 302 g/mol. The Kier molecular flexibility index (Phi) is 2.24. The Hall–Kier alpha value is -3.01. The van der Waals surface area contributed by atoms with Crippen molar-refractivity contribution in [2.75, 3.05) is 11.5 Å². The van der Waals surface area contributed by atoms with E-state index in [-0.39, 0.29) is 17.0 Å². The van der Waals surface area contributed by atoms with Gasteiger partial charge in [-0.15, -0.1) is 0 Å². The van der Waals surface area contributed by atoms with Gasteiger partial charge in [-0.05, 0) is 0 Å². The van der Waals surface area contributed by atoms with Gasteiger partial charge in [0.15, 0.2) is 16.4 Å². The molecule has 4 aromatic heterocycles. The van der Waals surface area contributed by atoms with Crippen LogP contribution in [0, 0.1) is 0 Å². The molecular weight excluding hydrogens is 296 g/mol. The van der Waals surface area contributed by atoms with Crippen molar-refractivity contribution >= 4 is 45.8 Å². The molecule has 4 N–H and O–H groups in total. The first-order chi connectivity index (χ1) is 10.1. The van der Waals surface area contributed by atoms with Crippen LogP contribution in [0.2, 0.25) is 5.15 Å². The van der Waals surface area contributed by atoms with Crippen molar-refractivity contribution < 1.29 is 0 Å². The van der Waals surface area contributed by atoms with Crippen LogP contribution in [0.4, 0.5) is 11.9 Å². The molecule has 4 heterocycles. The Morgan fingerprint density at radius 2 is 1.57 bits per heavy atom. The van der Waals surface area contributed by atoms with E-state index >= 15 is 0 Å². The molecule has 0 atom stereocenters. The molecule has 10 nitrogen and oxygen atoms in total. The lowest BCUT2D eigenvalue weighted by molar-refractivity contribution is 0.688. The van der Waals surface area contributed by atoms with Gasteiger partial charge in [0.2, 0.25) is 11.9 Å². The number of hydrogen-bond acceptors (Lipinski definition) is 8. The first-order valence-corrected chi connectivity index (χ1v) is 6.13. The highest BCUT2D eigenvalue weighted by molar-refractivity contribution is 6.33. The third-order valence-corrected chi connectivity index (χ3v) is 3.14. The van der Waals surface area contributed by atoms with Crippen LogP contribution in [-0.2, 0) is 0 Å². The van der Waals surface area contributed by atoms with E-state index in [0.29, 0.717) is 22.3 Å². The molecular formula is C10H7ClN10. The normalized spacial score (nSPS) is 11.5. The minimum Gasteiger partial charge on any atom is -0.368 e. The van der Waals surface area contributed by atoms with Crippen LogP contribution >= 0.6 is 11.6 Å². The fourth-order valence-corrected chi connectivity index (χ4v) is 2.22. The zero-order valence-corrected chi connectivity index (χ0v) is 11.1. The van der Waals surface area contributed by atoms with E-state index in [1.807, 2.05) is 0 Å². The van der Waals surface area contributed by atoms with E-state index in [1.165, 1.54) is 12.5 Å². The molecule has 0 fully saturated rings. The van der Waals surface area contributed by atoms with Crippen molar-refractivity contribution in [3.8, 4) is 0 Å². The predicted molar refractivity (Wildman–Crippen MR) is 75.3 cm³/mol. The Balaban J connectivity index is 2.07. The van der Waals surface area contributed by atoms with E-state index in [1.54, 1.807) is 15.7 Å². The molecule has 4 aromatic rings. The molecule has 0 aromatic carbocycles. The van der Waals surface area contributed by atoms with Gasteiger partial charge in [0, 0.05) is 0 Å². The van der Waals surface area contributed by atoms with Gasteiger partial charge in [-0.3, -0.25) is 0 Å². The van der Waals surface area contributed by atoms with Gasteiger partial charge >= 0.3 is 0 Å². The largest absolute Gasteiger partial charge is 0.368 e.